The molecule has 0 spiro atoms. The fourth-order valence-corrected chi connectivity index (χ4v) is 3.25. The molecule has 138 valence electrons. The van der Waals surface area contributed by atoms with Crippen molar-refractivity contribution in [3.8, 4) is 17.2 Å². The number of benzene rings is 2. The number of carbonyl (C=O) groups excluding carboxylic acids is 1. The SMILES string of the molecule is COc1ccc(OC)c(NC(=O)C(C)Oc2cccc3c2CCCC3)c1. The molecular weight excluding hydrogens is 330 g/mol. The first kappa shape index (κ1) is 18.1. The predicted molar refractivity (Wildman–Crippen MR) is 101 cm³/mol. The summed E-state index contributed by atoms with van der Waals surface area (Å²) in [4.78, 5) is 12.6. The summed E-state index contributed by atoms with van der Waals surface area (Å²) in [7, 11) is 3.14. The van der Waals surface area contributed by atoms with Gasteiger partial charge in [0.05, 0.1) is 19.9 Å². The smallest absolute Gasteiger partial charge is 0.265 e. The monoisotopic (exact) mass is 355 g/mol. The van der Waals surface area contributed by atoms with Gasteiger partial charge in [0, 0.05) is 6.07 Å². The van der Waals surface area contributed by atoms with E-state index in [2.05, 4.69) is 11.4 Å². The van der Waals surface area contributed by atoms with Crippen LogP contribution in [-0.2, 0) is 17.6 Å². The average Bonchev–Trinajstić information content (AvgIpc) is 2.68. The third-order valence-electron chi connectivity index (χ3n) is 4.69. The summed E-state index contributed by atoms with van der Waals surface area (Å²) in [6.07, 6.45) is 3.83. The van der Waals surface area contributed by atoms with Crippen molar-refractivity contribution in [1.82, 2.24) is 0 Å². The van der Waals surface area contributed by atoms with Crippen LogP contribution < -0.4 is 19.5 Å². The zero-order valence-electron chi connectivity index (χ0n) is 15.5. The zero-order valence-corrected chi connectivity index (χ0v) is 15.5. The molecule has 1 aliphatic carbocycles. The Morgan fingerprint density at radius 2 is 1.85 bits per heavy atom. The van der Waals surface area contributed by atoms with Crippen LogP contribution in [0.25, 0.3) is 0 Å². The Labute approximate surface area is 154 Å². The topological polar surface area (TPSA) is 56.8 Å². The van der Waals surface area contributed by atoms with E-state index in [0.717, 1.165) is 25.0 Å². The molecule has 0 fully saturated rings. The van der Waals surface area contributed by atoms with Gasteiger partial charge in [-0.15, -0.1) is 0 Å². The number of methoxy groups -OCH3 is 2. The molecule has 2 aromatic rings. The third-order valence-corrected chi connectivity index (χ3v) is 4.69. The standard InChI is InChI=1S/C21H25NO4/c1-14(26-19-10-6-8-15-7-4-5-9-17(15)19)21(23)22-18-13-16(24-2)11-12-20(18)25-3/h6,8,10-14H,4-5,7,9H2,1-3H3,(H,22,23). The Kier molecular flexibility index (Phi) is 5.66. The summed E-state index contributed by atoms with van der Waals surface area (Å²) in [5, 5.41) is 2.87. The number of aryl methyl sites for hydroxylation is 1. The van der Waals surface area contributed by atoms with E-state index in [1.54, 1.807) is 39.3 Å². The fourth-order valence-electron chi connectivity index (χ4n) is 3.25. The van der Waals surface area contributed by atoms with Crippen molar-refractivity contribution in [2.75, 3.05) is 19.5 Å². The van der Waals surface area contributed by atoms with Crippen molar-refractivity contribution in [3.63, 3.8) is 0 Å². The van der Waals surface area contributed by atoms with E-state index >= 15 is 0 Å². The van der Waals surface area contributed by atoms with Gasteiger partial charge in [-0.25, -0.2) is 0 Å². The van der Waals surface area contributed by atoms with Crippen molar-refractivity contribution in [2.24, 2.45) is 0 Å². The van der Waals surface area contributed by atoms with E-state index in [1.807, 2.05) is 12.1 Å². The second-order valence-corrected chi connectivity index (χ2v) is 6.42. The van der Waals surface area contributed by atoms with E-state index in [9.17, 15) is 4.79 Å². The highest BCUT2D eigenvalue weighted by molar-refractivity contribution is 5.95. The van der Waals surface area contributed by atoms with Crippen LogP contribution in [0.5, 0.6) is 17.2 Å². The van der Waals surface area contributed by atoms with Gasteiger partial charge in [-0.1, -0.05) is 12.1 Å². The highest BCUT2D eigenvalue weighted by Crippen LogP contribution is 2.31. The first-order chi connectivity index (χ1) is 12.6. The molecule has 1 amide bonds. The molecule has 1 aliphatic rings. The van der Waals surface area contributed by atoms with Gasteiger partial charge in [-0.2, -0.15) is 0 Å². The lowest BCUT2D eigenvalue weighted by Crippen LogP contribution is -2.30. The molecule has 0 saturated carbocycles. The molecule has 0 aliphatic heterocycles. The number of hydrogen-bond acceptors (Lipinski definition) is 4. The molecule has 5 heteroatoms. The molecule has 0 saturated heterocycles. The lowest BCUT2D eigenvalue weighted by atomic mass is 9.91. The van der Waals surface area contributed by atoms with Crippen LogP contribution in [0, 0.1) is 0 Å². The minimum absolute atomic E-state index is 0.232. The molecule has 1 atom stereocenters. The maximum absolute atomic E-state index is 12.6. The first-order valence-corrected chi connectivity index (χ1v) is 8.92. The Hall–Kier alpha value is -2.69. The molecule has 1 unspecified atom stereocenters. The number of carbonyl (C=O) groups is 1. The molecule has 3 rings (SSSR count). The number of amides is 1. The van der Waals surface area contributed by atoms with Gasteiger partial charge in [-0.3, -0.25) is 4.79 Å². The fraction of sp³-hybridized carbons (Fsp3) is 0.381. The van der Waals surface area contributed by atoms with Gasteiger partial charge in [0.2, 0.25) is 0 Å². The second kappa shape index (κ2) is 8.13. The quantitative estimate of drug-likeness (QED) is 0.851. The number of anilines is 1. The lowest BCUT2D eigenvalue weighted by Gasteiger charge is -2.22. The molecule has 2 aromatic carbocycles. The average molecular weight is 355 g/mol. The zero-order chi connectivity index (χ0) is 18.5. The van der Waals surface area contributed by atoms with Crippen LogP contribution in [0.2, 0.25) is 0 Å². The third kappa shape index (κ3) is 3.93. The summed E-state index contributed by atoms with van der Waals surface area (Å²) >= 11 is 0. The number of fused-ring (bicyclic) bond motifs is 1. The Balaban J connectivity index is 1.73. The predicted octanol–water partition coefficient (Wildman–Crippen LogP) is 3.99. The van der Waals surface area contributed by atoms with Crippen molar-refractivity contribution < 1.29 is 19.0 Å². The molecule has 0 bridgehead atoms. The number of hydrogen-bond donors (Lipinski definition) is 1. The molecule has 0 radical (unpaired) electrons. The Bertz CT molecular complexity index is 788. The van der Waals surface area contributed by atoms with E-state index in [-0.39, 0.29) is 5.91 Å². The second-order valence-electron chi connectivity index (χ2n) is 6.42. The van der Waals surface area contributed by atoms with Crippen LogP contribution >= 0.6 is 0 Å². The number of ether oxygens (including phenoxy) is 3. The van der Waals surface area contributed by atoms with Crippen LogP contribution in [0.3, 0.4) is 0 Å². The van der Waals surface area contributed by atoms with Crippen molar-refractivity contribution in [1.29, 1.82) is 0 Å². The molecule has 0 heterocycles. The van der Waals surface area contributed by atoms with Crippen LogP contribution in [-0.4, -0.2) is 26.2 Å². The van der Waals surface area contributed by atoms with Gasteiger partial charge in [0.15, 0.2) is 6.10 Å². The van der Waals surface area contributed by atoms with Crippen molar-refractivity contribution in [3.05, 3.63) is 47.5 Å². The van der Waals surface area contributed by atoms with Gasteiger partial charge in [0.25, 0.3) is 5.91 Å². The lowest BCUT2D eigenvalue weighted by molar-refractivity contribution is -0.122. The summed E-state index contributed by atoms with van der Waals surface area (Å²) in [5.74, 6) is 1.79. The minimum atomic E-state index is -0.626. The minimum Gasteiger partial charge on any atom is -0.497 e. The van der Waals surface area contributed by atoms with E-state index in [0.29, 0.717) is 17.2 Å². The maximum Gasteiger partial charge on any atom is 0.265 e. The van der Waals surface area contributed by atoms with Gasteiger partial charge in [0.1, 0.15) is 17.2 Å². The number of rotatable bonds is 6. The summed E-state index contributed by atoms with van der Waals surface area (Å²) in [6.45, 7) is 1.75. The largest absolute Gasteiger partial charge is 0.497 e. The highest BCUT2D eigenvalue weighted by atomic mass is 16.5. The molecule has 5 nitrogen and oxygen atoms in total. The van der Waals surface area contributed by atoms with Gasteiger partial charge >= 0.3 is 0 Å². The molecular formula is C21H25NO4. The highest BCUT2D eigenvalue weighted by Gasteiger charge is 2.20. The van der Waals surface area contributed by atoms with Crippen LogP contribution in [0.4, 0.5) is 5.69 Å². The normalized spacial score (nSPS) is 14.1. The van der Waals surface area contributed by atoms with Crippen LogP contribution in [0.15, 0.2) is 36.4 Å². The molecule has 26 heavy (non-hydrogen) atoms. The maximum atomic E-state index is 12.6. The van der Waals surface area contributed by atoms with E-state index < -0.39 is 6.10 Å². The van der Waals surface area contributed by atoms with E-state index in [4.69, 9.17) is 14.2 Å². The summed E-state index contributed by atoms with van der Waals surface area (Å²) in [5.41, 5.74) is 3.12. The Morgan fingerprint density at radius 3 is 2.62 bits per heavy atom. The van der Waals surface area contributed by atoms with Crippen molar-refractivity contribution in [2.45, 2.75) is 38.7 Å². The Morgan fingerprint density at radius 1 is 1.04 bits per heavy atom. The van der Waals surface area contributed by atoms with Gasteiger partial charge < -0.3 is 19.5 Å². The summed E-state index contributed by atoms with van der Waals surface area (Å²) < 4.78 is 16.5. The summed E-state index contributed by atoms with van der Waals surface area (Å²) in [6, 6.07) is 11.4. The van der Waals surface area contributed by atoms with Gasteiger partial charge in [-0.05, 0) is 61.9 Å². The van der Waals surface area contributed by atoms with Crippen LogP contribution in [0.1, 0.15) is 30.9 Å². The molecule has 1 N–H and O–H groups in total. The molecule has 0 aromatic heterocycles. The van der Waals surface area contributed by atoms with E-state index in [1.165, 1.54) is 17.5 Å². The number of nitrogens with one attached hydrogen (secondary N) is 1. The first-order valence-electron chi connectivity index (χ1n) is 8.92. The van der Waals surface area contributed by atoms with Crippen molar-refractivity contribution >= 4 is 11.6 Å².